The van der Waals surface area contributed by atoms with Crippen molar-refractivity contribution in [2.75, 3.05) is 59.8 Å². The third-order valence-corrected chi connectivity index (χ3v) is 9.83. The first kappa shape index (κ1) is 34.9. The van der Waals surface area contributed by atoms with Gasteiger partial charge >= 0.3 is 6.09 Å². The van der Waals surface area contributed by atoms with Gasteiger partial charge in [-0.2, -0.15) is 0 Å². The van der Waals surface area contributed by atoms with Crippen LogP contribution in [0.15, 0.2) is 41.3 Å². The number of amides is 2. The number of piperazine rings is 1. The molecule has 1 N–H and O–H groups in total. The van der Waals surface area contributed by atoms with Crippen LogP contribution in [0.5, 0.6) is 0 Å². The summed E-state index contributed by atoms with van der Waals surface area (Å²) in [6.07, 6.45) is 6.80. The fourth-order valence-electron chi connectivity index (χ4n) is 4.61. The van der Waals surface area contributed by atoms with Gasteiger partial charge in [-0.25, -0.2) is 13.2 Å². The molecule has 2 amide bonds. The van der Waals surface area contributed by atoms with Crippen molar-refractivity contribution in [2.45, 2.75) is 70.3 Å². The van der Waals surface area contributed by atoms with Crippen LogP contribution in [0, 0.1) is 0 Å². The number of carbonyl (C=O) groups is 2. The lowest BCUT2D eigenvalue weighted by Crippen LogP contribution is -2.50. The summed E-state index contributed by atoms with van der Waals surface area (Å²) in [6, 6.07) is 10.6. The quantitative estimate of drug-likeness (QED) is 0.193. The number of hydrogen-bond acceptors (Lipinski definition) is 7. The van der Waals surface area contributed by atoms with E-state index < -0.39 is 21.5 Å². The molecule has 3 rings (SSSR count). The molecule has 0 bridgehead atoms. The molecule has 0 aliphatic carbocycles. The minimum absolute atomic E-state index is 0.210. The molecule has 1 heterocycles. The molecule has 0 atom stereocenters. The molecule has 1 fully saturated rings. The Morgan fingerprint density at radius 2 is 1.70 bits per heavy atom. The number of ether oxygens (including phenoxy) is 1. The highest BCUT2D eigenvalue weighted by Gasteiger charge is 2.27. The summed E-state index contributed by atoms with van der Waals surface area (Å²) in [5.41, 5.74) is 1.17. The number of anilines is 3. The maximum absolute atomic E-state index is 13.6. The minimum atomic E-state index is -3.63. The summed E-state index contributed by atoms with van der Waals surface area (Å²) >= 11 is 8.26. The Balaban J connectivity index is 1.75. The number of halogens is 1. The average Bonchev–Trinajstić information content (AvgIpc) is 2.94. The minimum Gasteiger partial charge on any atom is -0.444 e. The number of benzene rings is 2. The molecule has 0 unspecified atom stereocenters. The molecule has 0 radical (unpaired) electrons. The molecule has 1 aliphatic heterocycles. The van der Waals surface area contributed by atoms with Crippen molar-refractivity contribution in [3.63, 3.8) is 0 Å². The molecule has 12 heteroatoms. The number of carbonyl (C=O) groups excluding carboxylic acids is 2. The van der Waals surface area contributed by atoms with E-state index in [2.05, 4.69) is 17.1 Å². The topological polar surface area (TPSA) is 99.3 Å². The van der Waals surface area contributed by atoms with E-state index in [1.807, 2.05) is 32.9 Å². The molecule has 238 valence electrons. The van der Waals surface area contributed by atoms with Crippen molar-refractivity contribution in [3.05, 3.63) is 47.0 Å². The van der Waals surface area contributed by atoms with E-state index in [1.54, 1.807) is 40.9 Å². The highest BCUT2D eigenvalue weighted by atomic mass is 35.5. The summed E-state index contributed by atoms with van der Waals surface area (Å²) < 4.78 is 31.4. The second-order valence-corrected chi connectivity index (χ2v) is 15.3. The van der Waals surface area contributed by atoms with Crippen molar-refractivity contribution >= 4 is 62.4 Å². The Hall–Kier alpha value is -2.63. The van der Waals surface area contributed by atoms with Gasteiger partial charge in [0.15, 0.2) is 0 Å². The first-order valence-corrected chi connectivity index (χ1v) is 18.0. The number of thioether (sulfide) groups is 1. The standard InChI is InChI=1S/C31H45ClN4O5S2/c1-7-8-9-10-11-20-42-28-15-12-23(21-26(28)32)33-29(37)25-22-24(13-14-27(25)34(5)43(6,39)40)35-16-18-36(19-17-35)30(38)41-31(2,3)4/h12-15,21-22H,7-11,16-20H2,1-6H3,(H,33,37). The van der Waals surface area contributed by atoms with Crippen LogP contribution >= 0.6 is 23.4 Å². The summed E-state index contributed by atoms with van der Waals surface area (Å²) in [5, 5.41) is 3.45. The molecule has 0 saturated carbocycles. The number of rotatable bonds is 12. The average molecular weight is 653 g/mol. The van der Waals surface area contributed by atoms with Crippen LogP contribution in [0.1, 0.15) is 70.2 Å². The maximum Gasteiger partial charge on any atom is 0.410 e. The van der Waals surface area contributed by atoms with Gasteiger partial charge in [-0.1, -0.05) is 44.2 Å². The second-order valence-electron chi connectivity index (χ2n) is 11.7. The molecule has 9 nitrogen and oxygen atoms in total. The molecule has 0 spiro atoms. The van der Waals surface area contributed by atoms with E-state index in [-0.39, 0.29) is 17.3 Å². The lowest BCUT2D eigenvalue weighted by atomic mass is 10.1. The van der Waals surface area contributed by atoms with Crippen molar-refractivity contribution in [2.24, 2.45) is 0 Å². The zero-order chi connectivity index (χ0) is 31.8. The number of sulfonamides is 1. The number of nitrogens with zero attached hydrogens (tertiary/aromatic N) is 3. The van der Waals surface area contributed by atoms with Gasteiger partial charge in [0.1, 0.15) is 5.60 Å². The Bertz CT molecular complexity index is 1370. The Labute approximate surface area is 266 Å². The van der Waals surface area contributed by atoms with Crippen molar-refractivity contribution in [3.8, 4) is 0 Å². The third kappa shape index (κ3) is 10.5. The Kier molecular flexibility index (Phi) is 12.5. The maximum atomic E-state index is 13.6. The monoisotopic (exact) mass is 652 g/mol. The smallest absolute Gasteiger partial charge is 0.410 e. The number of hydrogen-bond donors (Lipinski definition) is 1. The van der Waals surface area contributed by atoms with E-state index in [0.717, 1.165) is 33.3 Å². The van der Waals surface area contributed by atoms with Crippen LogP contribution in [0.25, 0.3) is 0 Å². The first-order chi connectivity index (χ1) is 20.2. The van der Waals surface area contributed by atoms with Gasteiger partial charge in [-0.15, -0.1) is 11.8 Å². The Morgan fingerprint density at radius 3 is 2.30 bits per heavy atom. The summed E-state index contributed by atoms with van der Waals surface area (Å²) in [6.45, 7) is 9.70. The molecular weight excluding hydrogens is 608 g/mol. The fraction of sp³-hybridized carbons (Fsp3) is 0.548. The van der Waals surface area contributed by atoms with Gasteiger partial charge < -0.3 is 19.9 Å². The van der Waals surface area contributed by atoms with Crippen LogP contribution in [0.4, 0.5) is 21.9 Å². The predicted octanol–water partition coefficient (Wildman–Crippen LogP) is 7.11. The molecule has 2 aromatic rings. The SMILES string of the molecule is CCCCCCCSc1ccc(NC(=O)c2cc(N3CCN(C(=O)OC(C)(C)C)CC3)ccc2N(C)S(C)(=O)=O)cc1Cl. The number of nitrogens with one attached hydrogen (secondary N) is 1. The normalized spacial score (nSPS) is 14.0. The van der Waals surface area contributed by atoms with E-state index in [9.17, 15) is 18.0 Å². The largest absolute Gasteiger partial charge is 0.444 e. The van der Waals surface area contributed by atoms with E-state index in [0.29, 0.717) is 36.9 Å². The fourth-order valence-corrected chi connectivity index (χ4v) is 6.40. The van der Waals surface area contributed by atoms with Crippen molar-refractivity contribution in [1.82, 2.24) is 4.90 Å². The van der Waals surface area contributed by atoms with Gasteiger partial charge in [0, 0.05) is 49.5 Å². The first-order valence-electron chi connectivity index (χ1n) is 14.7. The molecule has 1 saturated heterocycles. The Morgan fingerprint density at radius 1 is 1.02 bits per heavy atom. The highest BCUT2D eigenvalue weighted by Crippen LogP contribution is 2.32. The second kappa shape index (κ2) is 15.4. The van der Waals surface area contributed by atoms with Gasteiger partial charge in [-0.05, 0) is 69.3 Å². The van der Waals surface area contributed by atoms with Crippen LogP contribution in [-0.2, 0) is 14.8 Å². The molecule has 0 aromatic heterocycles. The molecule has 1 aliphatic rings. The lowest BCUT2D eigenvalue weighted by molar-refractivity contribution is 0.0240. The molecular formula is C31H45ClN4O5S2. The van der Waals surface area contributed by atoms with Gasteiger partial charge in [-0.3, -0.25) is 9.10 Å². The molecule has 2 aromatic carbocycles. The summed E-state index contributed by atoms with van der Waals surface area (Å²) in [5.74, 6) is 0.530. The van der Waals surface area contributed by atoms with Gasteiger partial charge in [0.25, 0.3) is 5.91 Å². The van der Waals surface area contributed by atoms with Crippen LogP contribution in [0.2, 0.25) is 5.02 Å². The van der Waals surface area contributed by atoms with Crippen LogP contribution in [0.3, 0.4) is 0 Å². The summed E-state index contributed by atoms with van der Waals surface area (Å²) in [7, 11) is -2.20. The zero-order valence-corrected chi connectivity index (χ0v) is 28.5. The van der Waals surface area contributed by atoms with E-state index in [4.69, 9.17) is 16.3 Å². The van der Waals surface area contributed by atoms with Crippen molar-refractivity contribution in [1.29, 1.82) is 0 Å². The predicted molar refractivity (Wildman–Crippen MR) is 179 cm³/mol. The van der Waals surface area contributed by atoms with Crippen LogP contribution < -0.4 is 14.5 Å². The van der Waals surface area contributed by atoms with E-state index in [1.165, 1.54) is 32.7 Å². The summed E-state index contributed by atoms with van der Waals surface area (Å²) in [4.78, 5) is 30.8. The third-order valence-electron chi connectivity index (χ3n) is 7.05. The lowest BCUT2D eigenvalue weighted by Gasteiger charge is -2.37. The number of unbranched alkanes of at least 4 members (excludes halogenated alkanes) is 4. The van der Waals surface area contributed by atoms with Crippen molar-refractivity contribution < 1.29 is 22.7 Å². The highest BCUT2D eigenvalue weighted by molar-refractivity contribution is 7.99. The van der Waals surface area contributed by atoms with Gasteiger partial charge in [0.2, 0.25) is 10.0 Å². The zero-order valence-electron chi connectivity index (χ0n) is 26.1. The van der Waals surface area contributed by atoms with E-state index >= 15 is 0 Å². The van der Waals surface area contributed by atoms with Crippen LogP contribution in [-0.4, -0.2) is 76.2 Å². The molecule has 43 heavy (non-hydrogen) atoms. The van der Waals surface area contributed by atoms with Gasteiger partial charge in [0.05, 0.1) is 22.5 Å².